The first-order chi connectivity index (χ1) is 9.79. The number of para-hydroxylation sites is 2. The molecule has 0 fully saturated rings. The number of rotatable bonds is 1. The molecule has 0 amide bonds. The number of benzene rings is 2. The van der Waals surface area contributed by atoms with E-state index >= 15 is 0 Å². The average Bonchev–Trinajstić information content (AvgIpc) is 2.89. The largest absolute Gasteiger partial charge is 0.485 e. The van der Waals surface area contributed by atoms with Crippen molar-refractivity contribution in [2.45, 2.75) is 6.10 Å². The molecule has 4 rings (SSSR count). The van der Waals surface area contributed by atoms with E-state index in [1.807, 2.05) is 30.3 Å². The Hall–Kier alpha value is -2.69. The van der Waals surface area contributed by atoms with Gasteiger partial charge >= 0.3 is 0 Å². The quantitative estimate of drug-likeness (QED) is 0.687. The molecule has 20 heavy (non-hydrogen) atoms. The molecule has 5 nitrogen and oxygen atoms in total. The molecule has 100 valence electrons. The van der Waals surface area contributed by atoms with Crippen molar-refractivity contribution < 1.29 is 13.9 Å². The van der Waals surface area contributed by atoms with Crippen molar-refractivity contribution in [2.75, 3.05) is 12.3 Å². The Morgan fingerprint density at radius 3 is 2.85 bits per heavy atom. The fourth-order valence-corrected chi connectivity index (χ4v) is 2.24. The molecule has 2 N–H and O–H groups in total. The lowest BCUT2D eigenvalue weighted by atomic mass is 10.2. The van der Waals surface area contributed by atoms with Crippen molar-refractivity contribution in [3.63, 3.8) is 0 Å². The summed E-state index contributed by atoms with van der Waals surface area (Å²) in [5.41, 5.74) is 7.79. The summed E-state index contributed by atoms with van der Waals surface area (Å²) in [4.78, 5) is 4.42. The number of hydrogen-bond donors (Lipinski definition) is 1. The first kappa shape index (κ1) is 11.2. The number of nitrogens with zero attached hydrogens (tertiary/aromatic N) is 1. The topological polar surface area (TPSA) is 70.5 Å². The van der Waals surface area contributed by atoms with Gasteiger partial charge in [-0.1, -0.05) is 12.1 Å². The van der Waals surface area contributed by atoms with Gasteiger partial charge in [0.25, 0.3) is 0 Å². The smallest absolute Gasteiger partial charge is 0.240 e. The van der Waals surface area contributed by atoms with Crippen LogP contribution in [0.2, 0.25) is 0 Å². The van der Waals surface area contributed by atoms with Crippen LogP contribution in [0.15, 0.2) is 46.9 Å². The van der Waals surface area contributed by atoms with Crippen molar-refractivity contribution in [3.05, 3.63) is 48.4 Å². The normalized spacial score (nSPS) is 17.3. The summed E-state index contributed by atoms with van der Waals surface area (Å²) in [6.07, 6.45) is -0.349. The number of aromatic nitrogens is 1. The second-order valence-corrected chi connectivity index (χ2v) is 4.64. The maximum absolute atomic E-state index is 5.87. The van der Waals surface area contributed by atoms with Gasteiger partial charge in [0.1, 0.15) is 12.1 Å². The highest BCUT2D eigenvalue weighted by molar-refractivity contribution is 5.76. The molecule has 0 radical (unpaired) electrons. The van der Waals surface area contributed by atoms with Crippen LogP contribution in [0.3, 0.4) is 0 Å². The fourth-order valence-electron chi connectivity index (χ4n) is 2.24. The third-order valence-electron chi connectivity index (χ3n) is 3.21. The van der Waals surface area contributed by atoms with E-state index in [1.165, 1.54) is 0 Å². The molecule has 3 aromatic rings. The highest BCUT2D eigenvalue weighted by Gasteiger charge is 2.26. The molecule has 1 aliphatic rings. The Kier molecular flexibility index (Phi) is 2.32. The van der Waals surface area contributed by atoms with Crippen LogP contribution in [0.25, 0.3) is 11.1 Å². The van der Waals surface area contributed by atoms with Crippen molar-refractivity contribution in [1.82, 2.24) is 4.98 Å². The zero-order valence-electron chi connectivity index (χ0n) is 10.6. The average molecular weight is 268 g/mol. The minimum Gasteiger partial charge on any atom is -0.485 e. The zero-order chi connectivity index (χ0) is 13.5. The van der Waals surface area contributed by atoms with Gasteiger partial charge in [0.2, 0.25) is 12.0 Å². The van der Waals surface area contributed by atoms with Crippen LogP contribution in [0, 0.1) is 0 Å². The second-order valence-electron chi connectivity index (χ2n) is 4.64. The molecular formula is C15H12N2O3. The molecule has 1 aliphatic heterocycles. The molecule has 0 saturated carbocycles. The van der Waals surface area contributed by atoms with Crippen LogP contribution in [-0.2, 0) is 0 Å². The number of oxazole rings is 1. The summed E-state index contributed by atoms with van der Waals surface area (Å²) in [6, 6.07) is 12.9. The predicted molar refractivity (Wildman–Crippen MR) is 73.7 cm³/mol. The van der Waals surface area contributed by atoms with Crippen LogP contribution in [0.5, 0.6) is 11.5 Å². The van der Waals surface area contributed by atoms with Gasteiger partial charge in [0.15, 0.2) is 17.1 Å². The van der Waals surface area contributed by atoms with E-state index in [0.717, 1.165) is 11.3 Å². The van der Waals surface area contributed by atoms with Gasteiger partial charge in [0.05, 0.1) is 0 Å². The number of nitrogen functional groups attached to an aromatic ring is 1. The van der Waals surface area contributed by atoms with E-state index in [2.05, 4.69) is 4.98 Å². The van der Waals surface area contributed by atoms with Gasteiger partial charge in [0, 0.05) is 11.8 Å². The van der Waals surface area contributed by atoms with Crippen molar-refractivity contribution in [2.24, 2.45) is 0 Å². The lowest BCUT2D eigenvalue weighted by Crippen LogP contribution is -2.21. The molecular weight excluding hydrogens is 256 g/mol. The monoisotopic (exact) mass is 268 g/mol. The van der Waals surface area contributed by atoms with E-state index in [0.29, 0.717) is 29.5 Å². The first-order valence-corrected chi connectivity index (χ1v) is 6.34. The van der Waals surface area contributed by atoms with Gasteiger partial charge in [-0.25, -0.2) is 4.98 Å². The molecule has 0 aliphatic carbocycles. The highest BCUT2D eigenvalue weighted by atomic mass is 16.6. The molecule has 1 aromatic heterocycles. The Bertz CT molecular complexity index is 782. The van der Waals surface area contributed by atoms with Gasteiger partial charge in [-0.15, -0.1) is 0 Å². The summed E-state index contributed by atoms with van der Waals surface area (Å²) in [5.74, 6) is 1.94. The Morgan fingerprint density at radius 2 is 1.95 bits per heavy atom. The second kappa shape index (κ2) is 4.16. The maximum atomic E-state index is 5.87. The molecule has 2 aromatic carbocycles. The summed E-state index contributed by atoms with van der Waals surface area (Å²) in [6.45, 7) is 0.374. The number of fused-ring (bicyclic) bond motifs is 2. The number of hydrogen-bond acceptors (Lipinski definition) is 5. The summed E-state index contributed by atoms with van der Waals surface area (Å²) in [5, 5.41) is 0. The number of anilines is 1. The third kappa shape index (κ3) is 1.75. The highest BCUT2D eigenvalue weighted by Crippen LogP contribution is 2.36. The standard InChI is InChI=1S/C15H12N2O3/c16-9-5-6-10-13(7-9)20-15(17-10)14-8-18-11-3-1-2-4-12(11)19-14/h1-7,14H,8,16H2. The molecule has 5 heteroatoms. The van der Waals surface area contributed by atoms with Crippen molar-refractivity contribution in [1.29, 1.82) is 0 Å². The SMILES string of the molecule is Nc1ccc2nc(C3COc4ccccc4O3)oc2c1. The summed E-state index contributed by atoms with van der Waals surface area (Å²) in [7, 11) is 0. The molecule has 2 heterocycles. The zero-order valence-corrected chi connectivity index (χ0v) is 10.6. The molecule has 1 atom stereocenters. The van der Waals surface area contributed by atoms with E-state index in [1.54, 1.807) is 12.1 Å². The molecule has 1 unspecified atom stereocenters. The summed E-state index contributed by atoms with van der Waals surface area (Å²) >= 11 is 0. The van der Waals surface area contributed by atoms with Crippen molar-refractivity contribution in [3.8, 4) is 11.5 Å². The lowest BCUT2D eigenvalue weighted by Gasteiger charge is -2.24. The predicted octanol–water partition coefficient (Wildman–Crippen LogP) is 2.92. The molecule has 0 bridgehead atoms. The van der Waals surface area contributed by atoms with Crippen molar-refractivity contribution >= 4 is 16.8 Å². The Balaban J connectivity index is 1.70. The minimum atomic E-state index is -0.349. The number of nitrogens with two attached hydrogens (primary N) is 1. The van der Waals surface area contributed by atoms with E-state index < -0.39 is 0 Å². The van der Waals surface area contributed by atoms with Crippen LogP contribution < -0.4 is 15.2 Å². The Morgan fingerprint density at radius 1 is 1.10 bits per heavy atom. The van der Waals surface area contributed by atoms with Gasteiger partial charge < -0.3 is 19.6 Å². The summed E-state index contributed by atoms with van der Waals surface area (Å²) < 4.78 is 17.2. The number of ether oxygens (including phenoxy) is 2. The first-order valence-electron chi connectivity index (χ1n) is 6.34. The van der Waals surface area contributed by atoms with E-state index in [9.17, 15) is 0 Å². The maximum Gasteiger partial charge on any atom is 0.240 e. The Labute approximate surface area is 114 Å². The van der Waals surface area contributed by atoms with Crippen LogP contribution >= 0.6 is 0 Å². The van der Waals surface area contributed by atoms with Gasteiger partial charge in [-0.05, 0) is 24.3 Å². The molecule has 0 spiro atoms. The van der Waals surface area contributed by atoms with Gasteiger partial charge in [-0.3, -0.25) is 0 Å². The van der Waals surface area contributed by atoms with Crippen LogP contribution in [-0.4, -0.2) is 11.6 Å². The fraction of sp³-hybridized carbons (Fsp3) is 0.133. The van der Waals surface area contributed by atoms with E-state index in [-0.39, 0.29) is 6.10 Å². The van der Waals surface area contributed by atoms with Crippen LogP contribution in [0.1, 0.15) is 12.0 Å². The third-order valence-corrected chi connectivity index (χ3v) is 3.21. The van der Waals surface area contributed by atoms with Crippen LogP contribution in [0.4, 0.5) is 5.69 Å². The van der Waals surface area contributed by atoms with Gasteiger partial charge in [-0.2, -0.15) is 0 Å². The lowest BCUT2D eigenvalue weighted by molar-refractivity contribution is 0.0726. The minimum absolute atomic E-state index is 0.349. The molecule has 0 saturated heterocycles. The van der Waals surface area contributed by atoms with E-state index in [4.69, 9.17) is 19.6 Å².